The van der Waals surface area contributed by atoms with Crippen LogP contribution < -0.4 is 5.69 Å². The lowest BCUT2D eigenvalue weighted by molar-refractivity contribution is -0.168. The summed E-state index contributed by atoms with van der Waals surface area (Å²) in [5.74, 6) is -4.23. The van der Waals surface area contributed by atoms with Gasteiger partial charge in [-0.2, -0.15) is 13.9 Å². The molecule has 0 amide bonds. The van der Waals surface area contributed by atoms with Crippen LogP contribution in [0.2, 0.25) is 0 Å². The van der Waals surface area contributed by atoms with Gasteiger partial charge in [0.05, 0.1) is 0 Å². The van der Waals surface area contributed by atoms with Crippen molar-refractivity contribution in [1.29, 1.82) is 0 Å². The minimum atomic E-state index is -4.20. The molecule has 0 saturated heterocycles. The first-order valence-electron chi connectivity index (χ1n) is 3.79. The molecule has 1 aromatic rings. The fourth-order valence-electron chi connectivity index (χ4n) is 0.720. The molecule has 0 aliphatic heterocycles. The zero-order chi connectivity index (χ0) is 11.5. The van der Waals surface area contributed by atoms with Crippen molar-refractivity contribution in [2.45, 2.75) is 19.0 Å². The maximum Gasteiger partial charge on any atom is 0.340 e. The summed E-state index contributed by atoms with van der Waals surface area (Å²) in [5.41, 5.74) is -0.630. The first kappa shape index (κ1) is 11.7. The van der Waals surface area contributed by atoms with Crippen molar-refractivity contribution in [2.75, 3.05) is 6.61 Å². The highest BCUT2D eigenvalue weighted by Crippen LogP contribution is 2.22. The van der Waals surface area contributed by atoms with E-state index in [0.29, 0.717) is 0 Å². The second-order valence-corrected chi connectivity index (χ2v) is 2.68. The summed E-state index contributed by atoms with van der Waals surface area (Å²) < 4.78 is 52.1. The van der Waals surface area contributed by atoms with Crippen molar-refractivity contribution >= 4 is 0 Å². The number of aromatic amines is 2. The molecule has 0 unspecified atom stereocenters. The van der Waals surface area contributed by atoms with E-state index in [2.05, 4.69) is 14.8 Å². The Hall–Kier alpha value is -1.38. The number of nitrogens with zero attached hydrogens (tertiary/aromatic N) is 1. The van der Waals surface area contributed by atoms with Crippen molar-refractivity contribution in [3.8, 4) is 0 Å². The van der Waals surface area contributed by atoms with E-state index in [1.165, 1.54) is 0 Å². The predicted octanol–water partition coefficient (Wildman–Crippen LogP) is 0.515. The molecular weight excluding hydrogens is 222 g/mol. The standard InChI is InChI=1S/C6H7F4N3O2/c7-4(8)6(9,10)2-15-1-3-11-5(14)13-12-3/h4H,1-2H2,(H2,11,12,13,14). The molecule has 9 heteroatoms. The molecule has 1 heterocycles. The van der Waals surface area contributed by atoms with Crippen molar-refractivity contribution in [1.82, 2.24) is 15.2 Å². The van der Waals surface area contributed by atoms with E-state index in [1.807, 2.05) is 5.10 Å². The Bertz CT molecular complexity index is 361. The maximum absolute atomic E-state index is 12.3. The number of halogens is 4. The van der Waals surface area contributed by atoms with Gasteiger partial charge in [-0.25, -0.2) is 18.7 Å². The Balaban J connectivity index is 2.36. The second-order valence-electron chi connectivity index (χ2n) is 2.68. The lowest BCUT2D eigenvalue weighted by Gasteiger charge is -2.14. The van der Waals surface area contributed by atoms with Crippen LogP contribution in [0.1, 0.15) is 5.82 Å². The van der Waals surface area contributed by atoms with Crippen molar-refractivity contribution < 1.29 is 22.3 Å². The molecule has 0 aliphatic rings. The Kier molecular flexibility index (Phi) is 3.45. The summed E-state index contributed by atoms with van der Waals surface area (Å²) in [6.45, 7) is -1.90. The fourth-order valence-corrected chi connectivity index (χ4v) is 0.720. The monoisotopic (exact) mass is 229 g/mol. The topological polar surface area (TPSA) is 70.8 Å². The smallest absolute Gasteiger partial charge is 0.340 e. The number of hydrogen-bond donors (Lipinski definition) is 2. The highest BCUT2D eigenvalue weighted by Gasteiger charge is 2.40. The van der Waals surface area contributed by atoms with Gasteiger partial charge in [0.25, 0.3) is 0 Å². The summed E-state index contributed by atoms with van der Waals surface area (Å²) in [5, 5.41) is 5.29. The SMILES string of the molecule is O=c1[nH]nc(COCC(F)(F)C(F)F)[nH]1. The summed E-state index contributed by atoms with van der Waals surface area (Å²) in [6, 6.07) is 0. The van der Waals surface area contributed by atoms with E-state index in [-0.39, 0.29) is 5.82 Å². The molecule has 0 bridgehead atoms. The minimum absolute atomic E-state index is 0.0370. The van der Waals surface area contributed by atoms with E-state index < -0.39 is 31.3 Å². The average molecular weight is 229 g/mol. The summed E-state index contributed by atoms with van der Waals surface area (Å²) in [6.07, 6.45) is -3.78. The van der Waals surface area contributed by atoms with Crippen molar-refractivity contribution in [3.05, 3.63) is 16.3 Å². The zero-order valence-corrected chi connectivity index (χ0v) is 7.27. The average Bonchev–Trinajstić information content (AvgIpc) is 2.51. The molecule has 2 N–H and O–H groups in total. The van der Waals surface area contributed by atoms with Crippen LogP contribution in [-0.2, 0) is 11.3 Å². The summed E-state index contributed by atoms with van der Waals surface area (Å²) >= 11 is 0. The van der Waals surface area contributed by atoms with Gasteiger partial charge in [0.2, 0.25) is 0 Å². The van der Waals surface area contributed by atoms with E-state index in [4.69, 9.17) is 0 Å². The highest BCUT2D eigenvalue weighted by molar-refractivity contribution is 4.77. The van der Waals surface area contributed by atoms with Crippen molar-refractivity contribution in [2.24, 2.45) is 0 Å². The maximum atomic E-state index is 12.3. The molecule has 0 atom stereocenters. The quantitative estimate of drug-likeness (QED) is 0.723. The number of nitrogens with one attached hydrogen (secondary N) is 2. The van der Waals surface area contributed by atoms with Gasteiger partial charge in [-0.3, -0.25) is 4.98 Å². The van der Waals surface area contributed by atoms with E-state index >= 15 is 0 Å². The van der Waals surface area contributed by atoms with Gasteiger partial charge < -0.3 is 4.74 Å². The molecule has 86 valence electrons. The molecule has 1 rings (SSSR count). The van der Waals surface area contributed by atoms with Crippen LogP contribution >= 0.6 is 0 Å². The Morgan fingerprint density at radius 3 is 2.60 bits per heavy atom. The van der Waals surface area contributed by atoms with Crippen LogP contribution in [0.5, 0.6) is 0 Å². The number of aromatic nitrogens is 3. The van der Waals surface area contributed by atoms with E-state index in [9.17, 15) is 22.4 Å². The Labute approximate surface area is 80.4 Å². The van der Waals surface area contributed by atoms with Gasteiger partial charge in [0.15, 0.2) is 5.82 Å². The third-order valence-corrected chi connectivity index (χ3v) is 1.40. The first-order valence-corrected chi connectivity index (χ1v) is 3.79. The van der Waals surface area contributed by atoms with Crippen molar-refractivity contribution in [3.63, 3.8) is 0 Å². The second kappa shape index (κ2) is 4.43. The molecule has 0 saturated carbocycles. The van der Waals surface area contributed by atoms with Crippen LogP contribution in [0, 0.1) is 0 Å². The number of hydrogen-bond acceptors (Lipinski definition) is 3. The molecular formula is C6H7F4N3O2. The van der Waals surface area contributed by atoms with Crippen LogP contribution in [0.3, 0.4) is 0 Å². The Morgan fingerprint density at radius 2 is 2.13 bits per heavy atom. The van der Waals surface area contributed by atoms with Crippen LogP contribution in [0.15, 0.2) is 4.79 Å². The van der Waals surface area contributed by atoms with Crippen LogP contribution in [0.4, 0.5) is 17.6 Å². The van der Waals surface area contributed by atoms with Gasteiger partial charge in [0.1, 0.15) is 13.2 Å². The van der Waals surface area contributed by atoms with Gasteiger partial charge in [-0.1, -0.05) is 0 Å². The minimum Gasteiger partial charge on any atom is -0.367 e. The molecule has 0 aromatic carbocycles. The van der Waals surface area contributed by atoms with Gasteiger partial charge in [0, 0.05) is 0 Å². The lowest BCUT2D eigenvalue weighted by atomic mass is 10.4. The number of ether oxygens (including phenoxy) is 1. The van der Waals surface area contributed by atoms with Gasteiger partial charge in [-0.05, 0) is 0 Å². The largest absolute Gasteiger partial charge is 0.367 e. The van der Waals surface area contributed by atoms with Gasteiger partial charge >= 0.3 is 18.0 Å². The van der Waals surface area contributed by atoms with E-state index in [1.54, 1.807) is 0 Å². The fraction of sp³-hybridized carbons (Fsp3) is 0.667. The molecule has 5 nitrogen and oxygen atoms in total. The summed E-state index contributed by atoms with van der Waals surface area (Å²) in [7, 11) is 0. The third-order valence-electron chi connectivity index (χ3n) is 1.40. The highest BCUT2D eigenvalue weighted by atomic mass is 19.3. The number of rotatable bonds is 5. The molecule has 0 fully saturated rings. The predicted molar refractivity (Wildman–Crippen MR) is 39.8 cm³/mol. The first-order chi connectivity index (χ1) is 6.92. The molecule has 0 spiro atoms. The molecule has 1 aromatic heterocycles. The third kappa shape index (κ3) is 3.35. The van der Waals surface area contributed by atoms with Crippen LogP contribution in [0.25, 0.3) is 0 Å². The normalized spacial score (nSPS) is 12.3. The lowest BCUT2D eigenvalue weighted by Crippen LogP contribution is -2.32. The molecule has 0 radical (unpaired) electrons. The number of H-pyrrole nitrogens is 2. The Morgan fingerprint density at radius 1 is 1.47 bits per heavy atom. The summed E-state index contributed by atoms with van der Waals surface area (Å²) in [4.78, 5) is 12.6. The zero-order valence-electron chi connectivity index (χ0n) is 7.27. The van der Waals surface area contributed by atoms with E-state index in [0.717, 1.165) is 0 Å². The van der Waals surface area contributed by atoms with Crippen LogP contribution in [-0.4, -0.2) is 34.1 Å². The molecule has 0 aliphatic carbocycles. The van der Waals surface area contributed by atoms with Gasteiger partial charge in [-0.15, -0.1) is 0 Å². The molecule has 15 heavy (non-hydrogen) atoms. The number of alkyl halides is 4.